The lowest BCUT2D eigenvalue weighted by atomic mass is 10.2. The number of ether oxygens (including phenoxy) is 2. The molecular weight excluding hydrogens is 328 g/mol. The molecule has 2 rings (SSSR count). The minimum atomic E-state index is -3.74. The summed E-state index contributed by atoms with van der Waals surface area (Å²) >= 11 is 0. The molecule has 0 spiro atoms. The Kier molecular flexibility index (Phi) is 7.39. The van der Waals surface area contributed by atoms with E-state index in [1.54, 1.807) is 25.1 Å². The molecule has 0 aliphatic rings. The van der Waals surface area contributed by atoms with Crippen molar-refractivity contribution >= 4 is 10.1 Å². The fraction of sp³-hybridized carbons (Fsp3) is 0.333. The van der Waals surface area contributed by atoms with E-state index in [-0.39, 0.29) is 18.1 Å². The van der Waals surface area contributed by atoms with E-state index in [4.69, 9.17) is 13.7 Å². The highest BCUT2D eigenvalue weighted by molar-refractivity contribution is 7.86. The van der Waals surface area contributed by atoms with Crippen LogP contribution in [0.15, 0.2) is 59.5 Å². The normalized spacial score (nSPS) is 11.5. The van der Waals surface area contributed by atoms with Gasteiger partial charge in [0, 0.05) is 0 Å². The van der Waals surface area contributed by atoms with Crippen LogP contribution in [0.5, 0.6) is 0 Å². The van der Waals surface area contributed by atoms with Crippen molar-refractivity contribution in [2.24, 2.45) is 0 Å². The highest BCUT2D eigenvalue weighted by Crippen LogP contribution is 2.16. The van der Waals surface area contributed by atoms with Crippen LogP contribution in [0.25, 0.3) is 0 Å². The van der Waals surface area contributed by atoms with Crippen LogP contribution in [0, 0.1) is 6.92 Å². The molecular formula is C18H22O5S. The lowest BCUT2D eigenvalue weighted by Crippen LogP contribution is -2.14. The molecule has 0 aromatic heterocycles. The van der Waals surface area contributed by atoms with Crippen LogP contribution in [0.3, 0.4) is 0 Å². The maximum Gasteiger partial charge on any atom is 0.297 e. The largest absolute Gasteiger partial charge is 0.377 e. The van der Waals surface area contributed by atoms with Crippen molar-refractivity contribution in [2.45, 2.75) is 18.4 Å². The third-order valence-electron chi connectivity index (χ3n) is 3.31. The molecule has 24 heavy (non-hydrogen) atoms. The topological polar surface area (TPSA) is 61.8 Å². The van der Waals surface area contributed by atoms with Crippen LogP contribution in [0.1, 0.15) is 11.1 Å². The molecule has 130 valence electrons. The van der Waals surface area contributed by atoms with Gasteiger partial charge in [0.15, 0.2) is 0 Å². The van der Waals surface area contributed by atoms with Crippen molar-refractivity contribution < 1.29 is 22.1 Å². The molecule has 0 heterocycles. The summed E-state index contributed by atoms with van der Waals surface area (Å²) in [7, 11) is -3.74. The van der Waals surface area contributed by atoms with Gasteiger partial charge in [-0.3, -0.25) is 4.18 Å². The first-order valence-corrected chi connectivity index (χ1v) is 9.15. The summed E-state index contributed by atoms with van der Waals surface area (Å²) in [5.41, 5.74) is 1.76. The SMILES string of the molecule is Cc1ccccc1S(=O)(=O)OCCOCCOCc1ccccc1. The van der Waals surface area contributed by atoms with E-state index in [0.717, 1.165) is 5.56 Å². The summed E-state index contributed by atoms with van der Waals surface area (Å²) in [6.45, 7) is 3.27. The van der Waals surface area contributed by atoms with Gasteiger partial charge in [-0.25, -0.2) is 0 Å². The van der Waals surface area contributed by atoms with Crippen molar-refractivity contribution in [2.75, 3.05) is 26.4 Å². The predicted octanol–water partition coefficient (Wildman–Crippen LogP) is 2.93. The summed E-state index contributed by atoms with van der Waals surface area (Å²) < 4.78 is 39.9. The fourth-order valence-electron chi connectivity index (χ4n) is 2.09. The van der Waals surface area contributed by atoms with Gasteiger partial charge in [0.05, 0.1) is 37.9 Å². The van der Waals surface area contributed by atoms with E-state index in [1.165, 1.54) is 6.07 Å². The first-order chi connectivity index (χ1) is 11.6. The van der Waals surface area contributed by atoms with Gasteiger partial charge in [0.25, 0.3) is 10.1 Å². The average molecular weight is 350 g/mol. The standard InChI is InChI=1S/C18H22O5S/c1-16-7-5-6-10-18(16)24(19,20)23-14-13-21-11-12-22-15-17-8-3-2-4-9-17/h2-10H,11-15H2,1H3. The van der Waals surface area contributed by atoms with Crippen molar-refractivity contribution in [3.63, 3.8) is 0 Å². The van der Waals surface area contributed by atoms with Crippen molar-refractivity contribution in [3.8, 4) is 0 Å². The van der Waals surface area contributed by atoms with Gasteiger partial charge < -0.3 is 9.47 Å². The van der Waals surface area contributed by atoms with Gasteiger partial charge in [-0.15, -0.1) is 0 Å². The van der Waals surface area contributed by atoms with E-state index < -0.39 is 10.1 Å². The summed E-state index contributed by atoms with van der Waals surface area (Å²) in [4.78, 5) is 0.191. The van der Waals surface area contributed by atoms with E-state index in [0.29, 0.717) is 25.4 Å². The average Bonchev–Trinajstić information content (AvgIpc) is 2.58. The van der Waals surface area contributed by atoms with Crippen molar-refractivity contribution in [1.29, 1.82) is 0 Å². The zero-order valence-corrected chi connectivity index (χ0v) is 14.5. The molecule has 5 nitrogen and oxygen atoms in total. The molecule has 0 unspecified atom stereocenters. The smallest absolute Gasteiger partial charge is 0.297 e. The van der Waals surface area contributed by atoms with Gasteiger partial charge in [0.2, 0.25) is 0 Å². The zero-order chi connectivity index (χ0) is 17.3. The summed E-state index contributed by atoms with van der Waals surface area (Å²) in [6, 6.07) is 16.6. The van der Waals surface area contributed by atoms with Crippen molar-refractivity contribution in [3.05, 3.63) is 65.7 Å². The lowest BCUT2D eigenvalue weighted by molar-refractivity contribution is 0.0310. The minimum absolute atomic E-state index is 0.0185. The molecule has 0 N–H and O–H groups in total. The van der Waals surface area contributed by atoms with Gasteiger partial charge >= 0.3 is 0 Å². The third kappa shape index (κ3) is 6.05. The molecule has 0 aliphatic heterocycles. The molecule has 0 saturated carbocycles. The Hall–Kier alpha value is -1.73. The quantitative estimate of drug-likeness (QED) is 0.487. The molecule has 0 bridgehead atoms. The number of benzene rings is 2. The van der Waals surface area contributed by atoms with Gasteiger partial charge in [-0.2, -0.15) is 8.42 Å². The molecule has 0 radical (unpaired) electrons. The Morgan fingerprint density at radius 1 is 0.792 bits per heavy atom. The first-order valence-electron chi connectivity index (χ1n) is 7.74. The Morgan fingerprint density at radius 2 is 1.42 bits per heavy atom. The van der Waals surface area contributed by atoms with Crippen LogP contribution in [-0.2, 0) is 30.4 Å². The van der Waals surface area contributed by atoms with E-state index in [1.807, 2.05) is 30.3 Å². The Bertz CT molecular complexity index is 713. The maximum absolute atomic E-state index is 12.0. The molecule has 0 aliphatic carbocycles. The zero-order valence-electron chi connectivity index (χ0n) is 13.7. The third-order valence-corrected chi connectivity index (χ3v) is 4.79. The molecule has 2 aromatic rings. The highest BCUT2D eigenvalue weighted by Gasteiger charge is 2.16. The van der Waals surface area contributed by atoms with Crippen molar-refractivity contribution in [1.82, 2.24) is 0 Å². The monoisotopic (exact) mass is 350 g/mol. The second-order valence-corrected chi connectivity index (χ2v) is 6.78. The molecule has 6 heteroatoms. The number of hydrogen-bond donors (Lipinski definition) is 0. The second kappa shape index (κ2) is 9.54. The van der Waals surface area contributed by atoms with Crippen LogP contribution < -0.4 is 0 Å². The molecule has 0 amide bonds. The molecule has 2 aromatic carbocycles. The van der Waals surface area contributed by atoms with Crippen LogP contribution in [-0.4, -0.2) is 34.8 Å². The predicted molar refractivity (Wildman–Crippen MR) is 91.2 cm³/mol. The van der Waals surface area contributed by atoms with Gasteiger partial charge in [0.1, 0.15) is 0 Å². The highest BCUT2D eigenvalue weighted by atomic mass is 32.2. The number of rotatable bonds is 10. The minimum Gasteiger partial charge on any atom is -0.377 e. The van der Waals surface area contributed by atoms with Crippen LogP contribution in [0.2, 0.25) is 0 Å². The van der Waals surface area contributed by atoms with Crippen LogP contribution in [0.4, 0.5) is 0 Å². The number of hydrogen-bond acceptors (Lipinski definition) is 5. The van der Waals surface area contributed by atoms with E-state index >= 15 is 0 Å². The fourth-order valence-corrected chi connectivity index (χ4v) is 3.21. The van der Waals surface area contributed by atoms with Gasteiger partial charge in [-0.1, -0.05) is 48.5 Å². The molecule has 0 saturated heterocycles. The first kappa shape index (κ1) is 18.6. The Labute approximate surface area is 143 Å². The Balaban J connectivity index is 1.59. The summed E-state index contributed by atoms with van der Waals surface area (Å²) in [5.74, 6) is 0. The van der Waals surface area contributed by atoms with E-state index in [2.05, 4.69) is 0 Å². The lowest BCUT2D eigenvalue weighted by Gasteiger charge is -2.09. The van der Waals surface area contributed by atoms with E-state index in [9.17, 15) is 8.42 Å². The maximum atomic E-state index is 12.0. The number of aryl methyl sites for hydroxylation is 1. The van der Waals surface area contributed by atoms with Gasteiger partial charge in [-0.05, 0) is 24.1 Å². The van der Waals surface area contributed by atoms with Crippen LogP contribution >= 0.6 is 0 Å². The molecule has 0 fully saturated rings. The second-order valence-electron chi connectivity index (χ2n) is 5.19. The summed E-state index contributed by atoms with van der Waals surface area (Å²) in [5, 5.41) is 0. The Morgan fingerprint density at radius 3 is 2.17 bits per heavy atom. The summed E-state index contributed by atoms with van der Waals surface area (Å²) in [6.07, 6.45) is 0. The molecule has 0 atom stereocenters.